The fourth-order valence-electron chi connectivity index (χ4n) is 3.20. The minimum atomic E-state index is 0.156. The maximum Gasteiger partial charge on any atom is 0.161 e. The molecular weight excluding hydrogens is 294 g/mol. The van der Waals surface area contributed by atoms with Gasteiger partial charge < -0.3 is 24.6 Å². The van der Waals surface area contributed by atoms with Crippen molar-refractivity contribution in [3.63, 3.8) is 0 Å². The average Bonchev–Trinajstić information content (AvgIpc) is 2.60. The molecule has 1 heterocycles. The Morgan fingerprint density at radius 2 is 1.65 bits per heavy atom. The number of aromatic hydroxyl groups is 1. The van der Waals surface area contributed by atoms with E-state index in [1.807, 2.05) is 12.1 Å². The second-order valence-electron chi connectivity index (χ2n) is 5.62. The van der Waals surface area contributed by atoms with E-state index in [4.69, 9.17) is 14.2 Å². The molecule has 122 valence electrons. The quantitative estimate of drug-likeness (QED) is 0.900. The molecule has 23 heavy (non-hydrogen) atoms. The summed E-state index contributed by atoms with van der Waals surface area (Å²) >= 11 is 0. The molecule has 2 aromatic carbocycles. The van der Waals surface area contributed by atoms with E-state index in [2.05, 4.69) is 17.4 Å². The van der Waals surface area contributed by atoms with E-state index in [9.17, 15) is 5.11 Å². The van der Waals surface area contributed by atoms with Gasteiger partial charge in [-0.25, -0.2) is 0 Å². The summed E-state index contributed by atoms with van der Waals surface area (Å²) in [6.07, 6.45) is 0. The molecule has 0 fully saturated rings. The van der Waals surface area contributed by atoms with Crippen molar-refractivity contribution in [2.75, 3.05) is 27.9 Å². The number of benzene rings is 2. The molecule has 3 rings (SSSR count). The molecule has 0 saturated carbocycles. The maximum absolute atomic E-state index is 9.81. The van der Waals surface area contributed by atoms with Crippen LogP contribution < -0.4 is 19.5 Å². The van der Waals surface area contributed by atoms with E-state index in [1.165, 1.54) is 11.1 Å². The van der Waals surface area contributed by atoms with Gasteiger partial charge >= 0.3 is 0 Å². The third-order valence-corrected chi connectivity index (χ3v) is 4.39. The molecule has 0 unspecified atom stereocenters. The molecule has 3 N–H and O–H groups in total. The first-order valence-electron chi connectivity index (χ1n) is 7.61. The second kappa shape index (κ2) is 6.38. The van der Waals surface area contributed by atoms with Crippen LogP contribution in [0.3, 0.4) is 0 Å². The normalized spacial score (nSPS) is 16.6. The van der Waals surface area contributed by atoms with E-state index in [-0.39, 0.29) is 11.7 Å². The topological polar surface area (TPSA) is 64.5 Å². The van der Waals surface area contributed by atoms with Crippen LogP contribution in [0.25, 0.3) is 0 Å². The Morgan fingerprint density at radius 3 is 2.35 bits per heavy atom. The number of rotatable bonds is 4. The third kappa shape index (κ3) is 2.80. The standard InChI is InChI=1S/C18H21NO4/c1-21-16-6-11(4-5-15(16)20)14-10-19-9-12-7-17(22-2)18(23-3)8-13(12)14/h4-8,14,19-20H,9-10H2,1-3H3/p+1/t14-/m1/s1. The summed E-state index contributed by atoms with van der Waals surface area (Å²) in [7, 11) is 4.87. The molecular formula is C18H22NO4+. The Balaban J connectivity index is 2.07. The lowest BCUT2D eigenvalue weighted by Gasteiger charge is -2.26. The minimum absolute atomic E-state index is 0.156. The lowest BCUT2D eigenvalue weighted by atomic mass is 9.85. The molecule has 0 spiro atoms. The minimum Gasteiger partial charge on any atom is -0.504 e. The van der Waals surface area contributed by atoms with Crippen LogP contribution in [0.5, 0.6) is 23.0 Å². The lowest BCUT2D eigenvalue weighted by Crippen LogP contribution is -2.85. The van der Waals surface area contributed by atoms with Crippen molar-refractivity contribution in [3.8, 4) is 23.0 Å². The molecule has 5 nitrogen and oxygen atoms in total. The molecule has 1 atom stereocenters. The maximum atomic E-state index is 9.81. The van der Waals surface area contributed by atoms with Crippen LogP contribution in [-0.2, 0) is 6.54 Å². The summed E-state index contributed by atoms with van der Waals surface area (Å²) in [5, 5.41) is 12.1. The summed E-state index contributed by atoms with van der Waals surface area (Å²) < 4.78 is 16.1. The fourth-order valence-corrected chi connectivity index (χ4v) is 3.20. The number of hydrogen-bond donors (Lipinski definition) is 2. The highest BCUT2D eigenvalue weighted by Crippen LogP contribution is 2.38. The number of fused-ring (bicyclic) bond motifs is 1. The van der Waals surface area contributed by atoms with Crippen LogP contribution in [0.1, 0.15) is 22.6 Å². The fraction of sp³-hybridized carbons (Fsp3) is 0.333. The zero-order chi connectivity index (χ0) is 16.4. The van der Waals surface area contributed by atoms with Crippen molar-refractivity contribution in [3.05, 3.63) is 47.0 Å². The zero-order valence-corrected chi connectivity index (χ0v) is 13.6. The summed E-state index contributed by atoms with van der Waals surface area (Å²) in [6, 6.07) is 9.64. The van der Waals surface area contributed by atoms with E-state index >= 15 is 0 Å². The summed E-state index contributed by atoms with van der Waals surface area (Å²) in [5.74, 6) is 2.36. The van der Waals surface area contributed by atoms with Crippen molar-refractivity contribution in [1.29, 1.82) is 0 Å². The summed E-state index contributed by atoms with van der Waals surface area (Å²) in [5.41, 5.74) is 3.59. The van der Waals surface area contributed by atoms with E-state index in [0.29, 0.717) is 5.75 Å². The second-order valence-corrected chi connectivity index (χ2v) is 5.62. The van der Waals surface area contributed by atoms with Gasteiger partial charge in [0.15, 0.2) is 23.0 Å². The molecule has 2 aromatic rings. The van der Waals surface area contributed by atoms with Crippen LogP contribution in [0.2, 0.25) is 0 Å². The predicted molar refractivity (Wildman–Crippen MR) is 86.5 cm³/mol. The monoisotopic (exact) mass is 316 g/mol. The molecule has 0 aliphatic carbocycles. The number of phenolic OH excluding ortho intramolecular Hbond substituents is 1. The molecule has 0 amide bonds. The summed E-state index contributed by atoms with van der Waals surface area (Å²) in [4.78, 5) is 0. The first-order valence-corrected chi connectivity index (χ1v) is 7.61. The average molecular weight is 316 g/mol. The first-order chi connectivity index (χ1) is 11.2. The van der Waals surface area contributed by atoms with Gasteiger partial charge in [-0.15, -0.1) is 0 Å². The van der Waals surface area contributed by atoms with Crippen molar-refractivity contribution in [2.45, 2.75) is 12.5 Å². The highest BCUT2D eigenvalue weighted by molar-refractivity contribution is 5.52. The highest BCUT2D eigenvalue weighted by Gasteiger charge is 2.27. The van der Waals surface area contributed by atoms with Crippen LogP contribution in [0.4, 0.5) is 0 Å². The van der Waals surface area contributed by atoms with Crippen molar-refractivity contribution in [2.24, 2.45) is 0 Å². The zero-order valence-electron chi connectivity index (χ0n) is 13.6. The highest BCUT2D eigenvalue weighted by atomic mass is 16.5. The predicted octanol–water partition coefficient (Wildman–Crippen LogP) is 1.63. The molecule has 0 bridgehead atoms. The van der Waals surface area contributed by atoms with Gasteiger partial charge in [-0.05, 0) is 35.4 Å². The molecule has 5 heteroatoms. The van der Waals surface area contributed by atoms with Crippen LogP contribution in [0, 0.1) is 0 Å². The Labute approximate surface area is 135 Å². The number of ether oxygens (including phenoxy) is 3. The first kappa shape index (κ1) is 15.5. The molecule has 0 aromatic heterocycles. The van der Waals surface area contributed by atoms with Crippen molar-refractivity contribution in [1.82, 2.24) is 0 Å². The van der Waals surface area contributed by atoms with Gasteiger partial charge in [-0.2, -0.15) is 0 Å². The third-order valence-electron chi connectivity index (χ3n) is 4.39. The number of quaternary nitrogens is 1. The number of nitrogens with two attached hydrogens (primary N) is 1. The van der Waals surface area contributed by atoms with Gasteiger partial charge in [0.1, 0.15) is 6.54 Å². The number of hydrogen-bond acceptors (Lipinski definition) is 4. The van der Waals surface area contributed by atoms with Gasteiger partial charge in [0, 0.05) is 5.56 Å². The van der Waals surface area contributed by atoms with E-state index in [1.54, 1.807) is 27.4 Å². The lowest BCUT2D eigenvalue weighted by molar-refractivity contribution is -0.675. The van der Waals surface area contributed by atoms with Gasteiger partial charge in [0.25, 0.3) is 0 Å². The number of methoxy groups -OCH3 is 3. The van der Waals surface area contributed by atoms with Crippen molar-refractivity contribution >= 4 is 0 Å². The van der Waals surface area contributed by atoms with Gasteiger partial charge in [-0.1, -0.05) is 6.07 Å². The Morgan fingerprint density at radius 1 is 0.957 bits per heavy atom. The van der Waals surface area contributed by atoms with Gasteiger partial charge in [-0.3, -0.25) is 0 Å². The van der Waals surface area contributed by atoms with Crippen molar-refractivity contribution < 1.29 is 24.6 Å². The molecule has 0 radical (unpaired) electrons. The van der Waals surface area contributed by atoms with Crippen LogP contribution in [0.15, 0.2) is 30.3 Å². The Bertz CT molecular complexity index is 714. The Hall–Kier alpha value is -2.40. The smallest absolute Gasteiger partial charge is 0.161 e. The van der Waals surface area contributed by atoms with Gasteiger partial charge in [0.2, 0.25) is 0 Å². The Kier molecular flexibility index (Phi) is 4.30. The van der Waals surface area contributed by atoms with E-state index in [0.717, 1.165) is 30.2 Å². The summed E-state index contributed by atoms with van der Waals surface area (Å²) in [6.45, 7) is 1.86. The molecule has 0 saturated heterocycles. The number of phenols is 1. The van der Waals surface area contributed by atoms with Crippen LogP contribution in [-0.4, -0.2) is 33.0 Å². The molecule has 1 aliphatic rings. The van der Waals surface area contributed by atoms with Gasteiger partial charge in [0.05, 0.1) is 33.8 Å². The van der Waals surface area contributed by atoms with E-state index < -0.39 is 0 Å². The largest absolute Gasteiger partial charge is 0.504 e. The SMILES string of the molecule is COc1cc([C@H]2C[NH2+]Cc3cc(OC)c(OC)cc32)ccc1O. The van der Waals surface area contributed by atoms with Crippen LogP contribution >= 0.6 is 0 Å². The molecule has 1 aliphatic heterocycles.